The lowest BCUT2D eigenvalue weighted by atomic mass is 10.1. The minimum atomic E-state index is -0.629. The van der Waals surface area contributed by atoms with E-state index in [2.05, 4.69) is 4.98 Å². The Labute approximate surface area is 150 Å². The van der Waals surface area contributed by atoms with Gasteiger partial charge in [-0.1, -0.05) is 0 Å². The lowest BCUT2D eigenvalue weighted by Crippen LogP contribution is -2.01. The fourth-order valence-corrected chi connectivity index (χ4v) is 2.89. The number of hydrogen-bond donors (Lipinski definition) is 0. The van der Waals surface area contributed by atoms with Crippen LogP contribution < -0.4 is 4.74 Å². The van der Waals surface area contributed by atoms with Crippen LogP contribution in [0.1, 0.15) is 27.3 Å². The van der Waals surface area contributed by atoms with Gasteiger partial charge in [-0.2, -0.15) is 5.26 Å². The van der Waals surface area contributed by atoms with Crippen molar-refractivity contribution in [3.05, 3.63) is 64.7 Å². The summed E-state index contributed by atoms with van der Waals surface area (Å²) < 4.78 is 21.2. The molecule has 130 valence electrons. The van der Waals surface area contributed by atoms with Crippen molar-refractivity contribution < 1.29 is 13.9 Å². The molecule has 1 aromatic heterocycles. The molecule has 0 bridgehead atoms. The average Bonchev–Trinajstić information content (AvgIpc) is 2.98. The second kappa shape index (κ2) is 6.81. The normalized spacial score (nSPS) is 10.4. The summed E-state index contributed by atoms with van der Waals surface area (Å²) in [4.78, 5) is 15.7. The highest BCUT2D eigenvalue weighted by Gasteiger charge is 2.18. The molecule has 0 unspecified atom stereocenters. The van der Waals surface area contributed by atoms with Crippen molar-refractivity contribution in [2.75, 3.05) is 7.11 Å². The smallest absolute Gasteiger partial charge is 0.170 e. The quantitative estimate of drug-likeness (QED) is 0.668. The molecule has 0 saturated carbocycles. The van der Waals surface area contributed by atoms with Gasteiger partial charge in [-0.25, -0.2) is 9.37 Å². The Hall–Kier alpha value is -3.46. The van der Waals surface area contributed by atoms with E-state index in [4.69, 9.17) is 10.00 Å². The van der Waals surface area contributed by atoms with Crippen LogP contribution in [0.4, 0.5) is 4.39 Å². The molecule has 0 aliphatic heterocycles. The summed E-state index contributed by atoms with van der Waals surface area (Å²) in [6.07, 6.45) is 0.672. The van der Waals surface area contributed by atoms with Gasteiger partial charge in [0.25, 0.3) is 0 Å². The zero-order valence-corrected chi connectivity index (χ0v) is 14.6. The predicted molar refractivity (Wildman–Crippen MR) is 95.1 cm³/mol. The maximum Gasteiger partial charge on any atom is 0.170 e. The number of nitrogens with zero attached hydrogens (tertiary/aromatic N) is 3. The number of aldehydes is 1. The Bertz CT molecular complexity index is 1050. The molecule has 0 radical (unpaired) electrons. The summed E-state index contributed by atoms with van der Waals surface area (Å²) in [7, 11) is 1.60. The molecule has 1 heterocycles. The van der Waals surface area contributed by atoms with Gasteiger partial charge in [-0.3, -0.25) is 9.36 Å². The highest BCUT2D eigenvalue weighted by atomic mass is 19.1. The van der Waals surface area contributed by atoms with Crippen LogP contribution in [0.3, 0.4) is 0 Å². The molecule has 0 aliphatic rings. The number of halogens is 1. The van der Waals surface area contributed by atoms with Gasteiger partial charge >= 0.3 is 0 Å². The molecule has 5 nitrogen and oxygen atoms in total. The largest absolute Gasteiger partial charge is 0.496 e. The summed E-state index contributed by atoms with van der Waals surface area (Å²) >= 11 is 0. The third-order valence-corrected chi connectivity index (χ3v) is 4.24. The van der Waals surface area contributed by atoms with Crippen molar-refractivity contribution in [1.82, 2.24) is 9.55 Å². The average molecular weight is 349 g/mol. The van der Waals surface area contributed by atoms with Gasteiger partial charge in [0.05, 0.1) is 18.4 Å². The molecule has 3 aromatic rings. The molecule has 0 fully saturated rings. The van der Waals surface area contributed by atoms with Gasteiger partial charge in [0.15, 0.2) is 6.29 Å². The standard InChI is InChI=1S/C20H16FN3O2/c1-12-8-16(6-7-19(12)26-3)24-13(2)18(11-25)23-20(24)14-4-5-15(10-22)17(21)9-14/h4-9,11H,1-3H3. The SMILES string of the molecule is COc1ccc(-n2c(-c3ccc(C#N)c(F)c3)nc(C=O)c2C)cc1C. The topological polar surface area (TPSA) is 67.9 Å². The van der Waals surface area contributed by atoms with Crippen molar-refractivity contribution in [3.63, 3.8) is 0 Å². The van der Waals surface area contributed by atoms with Crippen molar-refractivity contribution in [1.29, 1.82) is 5.26 Å². The summed E-state index contributed by atoms with van der Waals surface area (Å²) in [6, 6.07) is 11.6. The van der Waals surface area contributed by atoms with Crippen molar-refractivity contribution in [2.24, 2.45) is 0 Å². The molecular formula is C20H16FN3O2. The number of benzene rings is 2. The second-order valence-electron chi connectivity index (χ2n) is 5.82. The zero-order valence-electron chi connectivity index (χ0n) is 14.6. The third kappa shape index (κ3) is 2.84. The lowest BCUT2D eigenvalue weighted by Gasteiger charge is -2.13. The van der Waals surface area contributed by atoms with Gasteiger partial charge in [0, 0.05) is 11.3 Å². The number of aryl methyl sites for hydroxylation is 1. The van der Waals surface area contributed by atoms with E-state index in [1.54, 1.807) is 30.7 Å². The number of nitriles is 1. The van der Waals surface area contributed by atoms with Gasteiger partial charge in [-0.15, -0.1) is 0 Å². The van der Waals surface area contributed by atoms with Crippen LogP contribution in [0, 0.1) is 31.0 Å². The fourth-order valence-electron chi connectivity index (χ4n) is 2.89. The van der Waals surface area contributed by atoms with E-state index < -0.39 is 5.82 Å². The Balaban J connectivity index is 2.24. The Kier molecular flexibility index (Phi) is 4.55. The second-order valence-corrected chi connectivity index (χ2v) is 5.82. The number of ether oxygens (including phenoxy) is 1. The van der Waals surface area contributed by atoms with Crippen LogP contribution >= 0.6 is 0 Å². The summed E-state index contributed by atoms with van der Waals surface area (Å²) in [5.41, 5.74) is 3.05. The van der Waals surface area contributed by atoms with Gasteiger partial charge in [0.1, 0.15) is 29.2 Å². The molecule has 0 atom stereocenters. The number of imidazole rings is 1. The van der Waals surface area contributed by atoms with Gasteiger partial charge in [0.2, 0.25) is 0 Å². The van der Waals surface area contributed by atoms with E-state index in [-0.39, 0.29) is 11.3 Å². The monoisotopic (exact) mass is 349 g/mol. The van der Waals surface area contributed by atoms with Crippen molar-refractivity contribution in [3.8, 4) is 28.9 Å². The number of methoxy groups -OCH3 is 1. The van der Waals surface area contributed by atoms with Crippen LogP contribution in [0.2, 0.25) is 0 Å². The van der Waals surface area contributed by atoms with Crippen molar-refractivity contribution in [2.45, 2.75) is 13.8 Å². The first-order valence-electron chi connectivity index (χ1n) is 7.89. The number of hydrogen-bond acceptors (Lipinski definition) is 4. The molecule has 0 aliphatic carbocycles. The summed E-state index contributed by atoms with van der Waals surface area (Å²) in [5, 5.41) is 8.91. The Morgan fingerprint density at radius 1 is 1.23 bits per heavy atom. The van der Waals surface area contributed by atoms with E-state index in [9.17, 15) is 9.18 Å². The highest BCUT2D eigenvalue weighted by Crippen LogP contribution is 2.29. The molecule has 0 N–H and O–H groups in total. The molecular weight excluding hydrogens is 333 g/mol. The minimum absolute atomic E-state index is 0.0421. The summed E-state index contributed by atoms with van der Waals surface area (Å²) in [5.74, 6) is 0.543. The van der Waals surface area contributed by atoms with Crippen LogP contribution in [0.5, 0.6) is 5.75 Å². The molecule has 2 aromatic carbocycles. The molecule has 0 spiro atoms. The first-order valence-corrected chi connectivity index (χ1v) is 7.89. The van der Waals surface area contributed by atoms with Crippen molar-refractivity contribution >= 4 is 6.29 Å². The summed E-state index contributed by atoms with van der Waals surface area (Å²) in [6.45, 7) is 3.69. The van der Waals surface area contributed by atoms with Crippen LogP contribution in [0.25, 0.3) is 17.1 Å². The Morgan fingerprint density at radius 3 is 2.58 bits per heavy atom. The maximum absolute atomic E-state index is 14.1. The number of carbonyl (C=O) groups is 1. The van der Waals surface area contributed by atoms with E-state index in [0.717, 1.165) is 17.0 Å². The fraction of sp³-hybridized carbons (Fsp3) is 0.150. The van der Waals surface area contributed by atoms with Crippen LogP contribution in [0.15, 0.2) is 36.4 Å². The molecule has 6 heteroatoms. The van der Waals surface area contributed by atoms with Crippen LogP contribution in [-0.4, -0.2) is 22.9 Å². The molecule has 0 amide bonds. The number of carbonyl (C=O) groups excluding carboxylic acids is 1. The third-order valence-electron chi connectivity index (χ3n) is 4.24. The first kappa shape index (κ1) is 17.4. The molecule has 26 heavy (non-hydrogen) atoms. The number of aromatic nitrogens is 2. The highest BCUT2D eigenvalue weighted by molar-refractivity contribution is 5.77. The minimum Gasteiger partial charge on any atom is -0.496 e. The van der Waals surface area contributed by atoms with E-state index in [0.29, 0.717) is 23.4 Å². The molecule has 0 saturated heterocycles. The molecule has 3 rings (SSSR count). The van der Waals surface area contributed by atoms with Gasteiger partial charge in [-0.05, 0) is 55.8 Å². The number of rotatable bonds is 4. The lowest BCUT2D eigenvalue weighted by molar-refractivity contribution is 0.111. The van der Waals surface area contributed by atoms with E-state index >= 15 is 0 Å². The van der Waals surface area contributed by atoms with E-state index in [1.807, 2.05) is 25.1 Å². The van der Waals surface area contributed by atoms with Crippen LogP contribution in [-0.2, 0) is 0 Å². The van der Waals surface area contributed by atoms with Gasteiger partial charge < -0.3 is 4.74 Å². The predicted octanol–water partition coefficient (Wildman–Crippen LogP) is 3.99. The zero-order chi connectivity index (χ0) is 18.8. The maximum atomic E-state index is 14.1. The Morgan fingerprint density at radius 2 is 2.00 bits per heavy atom. The van der Waals surface area contributed by atoms with E-state index in [1.165, 1.54) is 12.1 Å². The first-order chi connectivity index (χ1) is 12.5.